The van der Waals surface area contributed by atoms with E-state index in [1.807, 2.05) is 11.8 Å². The van der Waals surface area contributed by atoms with E-state index in [-0.39, 0.29) is 5.91 Å². The summed E-state index contributed by atoms with van der Waals surface area (Å²) in [6, 6.07) is 2.09. The van der Waals surface area contributed by atoms with E-state index in [2.05, 4.69) is 16.5 Å². The highest BCUT2D eigenvalue weighted by Crippen LogP contribution is 2.25. The molecule has 0 unspecified atom stereocenters. The molecule has 0 fully saturated rings. The summed E-state index contributed by atoms with van der Waals surface area (Å²) < 4.78 is 1.70. The summed E-state index contributed by atoms with van der Waals surface area (Å²) >= 11 is 1.76. The molecule has 2 N–H and O–H groups in total. The molecule has 0 saturated heterocycles. The minimum atomic E-state index is -0.0680. The largest absolute Gasteiger partial charge is 0.396 e. The van der Waals surface area contributed by atoms with Gasteiger partial charge in [-0.25, -0.2) is 0 Å². The Morgan fingerprint density at radius 3 is 3.16 bits per heavy atom. The summed E-state index contributed by atoms with van der Waals surface area (Å²) in [6.45, 7) is 4.09. The zero-order valence-corrected chi connectivity index (χ0v) is 11.6. The topological polar surface area (TPSA) is 64.2 Å². The van der Waals surface area contributed by atoms with Crippen molar-refractivity contribution >= 4 is 22.9 Å². The molecular formula is C13H16N4OS. The van der Waals surface area contributed by atoms with Crippen molar-refractivity contribution in [3.63, 3.8) is 0 Å². The van der Waals surface area contributed by atoms with Crippen molar-refractivity contribution in [3.8, 4) is 0 Å². The summed E-state index contributed by atoms with van der Waals surface area (Å²) in [5, 5.41) is 6.33. The zero-order chi connectivity index (χ0) is 13.4. The Bertz CT molecular complexity index is 616. The number of aromatic nitrogens is 2. The molecule has 0 aliphatic carbocycles. The number of hydrogen-bond donors (Lipinski definition) is 1. The van der Waals surface area contributed by atoms with Crippen LogP contribution in [-0.4, -0.2) is 27.1 Å². The van der Waals surface area contributed by atoms with Crippen LogP contribution in [0.25, 0.3) is 0 Å². The molecule has 100 valence electrons. The van der Waals surface area contributed by atoms with Gasteiger partial charge in [0.25, 0.3) is 5.91 Å². The van der Waals surface area contributed by atoms with Crippen LogP contribution in [0.15, 0.2) is 17.6 Å². The molecule has 1 aliphatic heterocycles. The Labute approximate surface area is 115 Å². The predicted molar refractivity (Wildman–Crippen MR) is 75.1 cm³/mol. The van der Waals surface area contributed by atoms with E-state index >= 15 is 0 Å². The molecule has 0 saturated carbocycles. The second kappa shape index (κ2) is 4.70. The van der Waals surface area contributed by atoms with E-state index in [1.165, 1.54) is 10.4 Å². The van der Waals surface area contributed by atoms with Gasteiger partial charge in [0.2, 0.25) is 0 Å². The van der Waals surface area contributed by atoms with Gasteiger partial charge >= 0.3 is 0 Å². The molecule has 0 bridgehead atoms. The normalized spacial score (nSPS) is 14.5. The molecule has 0 aromatic carbocycles. The number of anilines is 1. The lowest BCUT2D eigenvalue weighted by Gasteiger charge is -2.26. The maximum atomic E-state index is 12.5. The van der Waals surface area contributed by atoms with Gasteiger partial charge in [0.15, 0.2) is 5.69 Å². The molecule has 1 amide bonds. The number of nitrogens with two attached hydrogens (primary N) is 1. The van der Waals surface area contributed by atoms with Gasteiger partial charge in [-0.1, -0.05) is 0 Å². The standard InChI is InChI=1S/C13H16N4OS/c1-2-17-8-10(14)12(15-17)13(18)16-5-3-11-9(7-16)4-6-19-11/h4,6,8H,2-3,5,7,14H2,1H3. The van der Waals surface area contributed by atoms with Crippen molar-refractivity contribution in [2.45, 2.75) is 26.4 Å². The average molecular weight is 276 g/mol. The van der Waals surface area contributed by atoms with Gasteiger partial charge in [0.05, 0.1) is 5.69 Å². The first-order valence-corrected chi connectivity index (χ1v) is 7.24. The molecule has 3 heterocycles. The summed E-state index contributed by atoms with van der Waals surface area (Å²) in [7, 11) is 0. The van der Waals surface area contributed by atoms with Gasteiger partial charge < -0.3 is 10.6 Å². The number of amides is 1. The van der Waals surface area contributed by atoms with Gasteiger partial charge in [0, 0.05) is 30.7 Å². The van der Waals surface area contributed by atoms with Crippen molar-refractivity contribution in [1.29, 1.82) is 0 Å². The highest BCUT2D eigenvalue weighted by atomic mass is 32.1. The van der Waals surface area contributed by atoms with Crippen LogP contribution in [0, 0.1) is 0 Å². The van der Waals surface area contributed by atoms with Crippen LogP contribution in [0.2, 0.25) is 0 Å². The summed E-state index contributed by atoms with van der Waals surface area (Å²) in [5.74, 6) is -0.0680. The third kappa shape index (κ3) is 2.12. The van der Waals surface area contributed by atoms with E-state index in [4.69, 9.17) is 5.73 Å². The van der Waals surface area contributed by atoms with Crippen LogP contribution >= 0.6 is 11.3 Å². The van der Waals surface area contributed by atoms with E-state index in [9.17, 15) is 4.79 Å². The lowest BCUT2D eigenvalue weighted by molar-refractivity contribution is 0.0730. The Morgan fingerprint density at radius 1 is 1.58 bits per heavy atom. The number of aryl methyl sites for hydroxylation is 1. The molecule has 6 heteroatoms. The van der Waals surface area contributed by atoms with Crippen LogP contribution in [0.3, 0.4) is 0 Å². The second-order valence-electron chi connectivity index (χ2n) is 4.63. The third-order valence-electron chi connectivity index (χ3n) is 3.41. The number of carbonyl (C=O) groups is 1. The van der Waals surface area contributed by atoms with Crippen LogP contribution in [0.4, 0.5) is 5.69 Å². The van der Waals surface area contributed by atoms with Gasteiger partial charge in [0.1, 0.15) is 0 Å². The van der Waals surface area contributed by atoms with Crippen molar-refractivity contribution in [1.82, 2.24) is 14.7 Å². The number of nitrogen functional groups attached to an aromatic ring is 1. The van der Waals surface area contributed by atoms with Crippen LogP contribution in [-0.2, 0) is 19.5 Å². The number of nitrogens with zero attached hydrogens (tertiary/aromatic N) is 3. The highest BCUT2D eigenvalue weighted by Gasteiger charge is 2.25. The minimum Gasteiger partial charge on any atom is -0.396 e. The van der Waals surface area contributed by atoms with Crippen LogP contribution in [0.1, 0.15) is 27.9 Å². The zero-order valence-electron chi connectivity index (χ0n) is 10.8. The molecule has 3 rings (SSSR count). The molecule has 2 aromatic heterocycles. The molecule has 0 spiro atoms. The average Bonchev–Trinajstić information content (AvgIpc) is 3.02. The maximum Gasteiger partial charge on any atom is 0.276 e. The lowest BCUT2D eigenvalue weighted by atomic mass is 10.1. The number of hydrogen-bond acceptors (Lipinski definition) is 4. The van der Waals surface area contributed by atoms with Crippen molar-refractivity contribution in [2.24, 2.45) is 0 Å². The third-order valence-corrected chi connectivity index (χ3v) is 4.43. The van der Waals surface area contributed by atoms with E-state index in [0.29, 0.717) is 24.5 Å². The number of thiophene rings is 1. The van der Waals surface area contributed by atoms with Crippen LogP contribution < -0.4 is 5.73 Å². The molecule has 2 aromatic rings. The first kappa shape index (κ1) is 12.2. The van der Waals surface area contributed by atoms with E-state index in [0.717, 1.165) is 13.0 Å². The summed E-state index contributed by atoms with van der Waals surface area (Å²) in [6.07, 6.45) is 2.64. The van der Waals surface area contributed by atoms with Crippen molar-refractivity contribution < 1.29 is 4.79 Å². The Morgan fingerprint density at radius 2 is 2.42 bits per heavy atom. The minimum absolute atomic E-state index is 0.0680. The Hall–Kier alpha value is -1.82. The Kier molecular flexibility index (Phi) is 3.02. The first-order chi connectivity index (χ1) is 9.19. The number of fused-ring (bicyclic) bond motifs is 1. The molecule has 0 radical (unpaired) electrons. The molecule has 1 aliphatic rings. The number of rotatable bonds is 2. The first-order valence-electron chi connectivity index (χ1n) is 6.36. The van der Waals surface area contributed by atoms with Crippen molar-refractivity contribution in [3.05, 3.63) is 33.8 Å². The SMILES string of the molecule is CCn1cc(N)c(C(=O)N2CCc3sccc3C2)n1. The fraction of sp³-hybridized carbons (Fsp3) is 0.385. The quantitative estimate of drug-likeness (QED) is 0.908. The van der Waals surface area contributed by atoms with Gasteiger partial charge in [-0.05, 0) is 30.4 Å². The van der Waals surface area contributed by atoms with Gasteiger partial charge in [-0.3, -0.25) is 9.48 Å². The second-order valence-corrected chi connectivity index (χ2v) is 5.64. The van der Waals surface area contributed by atoms with Gasteiger partial charge in [-0.15, -0.1) is 11.3 Å². The lowest BCUT2D eigenvalue weighted by Crippen LogP contribution is -2.36. The van der Waals surface area contributed by atoms with E-state index < -0.39 is 0 Å². The van der Waals surface area contributed by atoms with E-state index in [1.54, 1.807) is 22.2 Å². The molecule has 0 atom stereocenters. The van der Waals surface area contributed by atoms with Crippen molar-refractivity contribution in [2.75, 3.05) is 12.3 Å². The highest BCUT2D eigenvalue weighted by molar-refractivity contribution is 7.10. The smallest absolute Gasteiger partial charge is 0.276 e. The summed E-state index contributed by atoms with van der Waals surface area (Å²) in [5.41, 5.74) is 7.96. The Balaban J connectivity index is 1.83. The predicted octanol–water partition coefficient (Wildman–Crippen LogP) is 1.75. The number of carbonyl (C=O) groups excluding carboxylic acids is 1. The molecular weight excluding hydrogens is 260 g/mol. The fourth-order valence-electron chi connectivity index (χ4n) is 2.34. The van der Waals surface area contributed by atoms with Gasteiger partial charge in [-0.2, -0.15) is 5.10 Å². The summed E-state index contributed by atoms with van der Waals surface area (Å²) in [4.78, 5) is 15.7. The molecule has 5 nitrogen and oxygen atoms in total. The molecule has 19 heavy (non-hydrogen) atoms. The maximum absolute atomic E-state index is 12.5. The monoisotopic (exact) mass is 276 g/mol. The van der Waals surface area contributed by atoms with Crippen LogP contribution in [0.5, 0.6) is 0 Å². The fourth-order valence-corrected chi connectivity index (χ4v) is 3.23.